The highest BCUT2D eigenvalue weighted by atomic mass is 35.5. The van der Waals surface area contributed by atoms with Crippen LogP contribution in [0.1, 0.15) is 32.6 Å². The van der Waals surface area contributed by atoms with Crippen LogP contribution in [0, 0.1) is 11.8 Å². The molecule has 0 bridgehead atoms. The van der Waals surface area contributed by atoms with Gasteiger partial charge >= 0.3 is 0 Å². The Hall–Kier alpha value is -1.03. The molecule has 1 aliphatic carbocycles. The fourth-order valence-corrected chi connectivity index (χ4v) is 2.57. The first-order valence-corrected chi connectivity index (χ1v) is 6.56. The molecule has 94 valence electrons. The van der Waals surface area contributed by atoms with Gasteiger partial charge in [0.2, 0.25) is 5.28 Å². The predicted molar refractivity (Wildman–Crippen MR) is 71.1 cm³/mol. The average Bonchev–Trinajstić information content (AvgIpc) is 2.32. The van der Waals surface area contributed by atoms with E-state index in [-0.39, 0.29) is 5.28 Å². The van der Waals surface area contributed by atoms with Crippen molar-refractivity contribution in [3.05, 3.63) is 11.5 Å². The molecule has 0 aromatic carbocycles. The van der Waals surface area contributed by atoms with Crippen LogP contribution in [-0.2, 0) is 0 Å². The van der Waals surface area contributed by atoms with Crippen LogP contribution < -0.4 is 11.1 Å². The van der Waals surface area contributed by atoms with E-state index < -0.39 is 0 Å². The van der Waals surface area contributed by atoms with Crippen molar-refractivity contribution in [2.45, 2.75) is 32.6 Å². The minimum Gasteiger partial charge on any atom is -0.394 e. The molecule has 2 atom stereocenters. The summed E-state index contributed by atoms with van der Waals surface area (Å²) in [7, 11) is 0. The number of halogens is 1. The van der Waals surface area contributed by atoms with Gasteiger partial charge in [-0.3, -0.25) is 0 Å². The zero-order chi connectivity index (χ0) is 12.3. The Morgan fingerprint density at radius 3 is 3.00 bits per heavy atom. The van der Waals surface area contributed by atoms with E-state index in [0.29, 0.717) is 17.4 Å². The average molecular weight is 255 g/mol. The van der Waals surface area contributed by atoms with E-state index in [1.807, 2.05) is 0 Å². The molecule has 1 aliphatic rings. The minimum absolute atomic E-state index is 0.235. The fourth-order valence-electron chi connectivity index (χ4n) is 2.44. The van der Waals surface area contributed by atoms with Gasteiger partial charge in [-0.2, -0.15) is 4.98 Å². The molecular weight excluding hydrogens is 236 g/mol. The first-order valence-electron chi connectivity index (χ1n) is 6.18. The Balaban J connectivity index is 1.94. The van der Waals surface area contributed by atoms with Gasteiger partial charge in [0.05, 0.1) is 11.9 Å². The lowest BCUT2D eigenvalue weighted by molar-refractivity contribution is 0.268. The Labute approximate surface area is 107 Å². The maximum Gasteiger partial charge on any atom is 0.224 e. The topological polar surface area (TPSA) is 63.8 Å². The van der Waals surface area contributed by atoms with Crippen LogP contribution in [0.3, 0.4) is 0 Å². The number of nitrogens with two attached hydrogens (primary N) is 1. The molecule has 4 nitrogen and oxygen atoms in total. The number of nitrogens with one attached hydrogen (secondary N) is 1. The summed E-state index contributed by atoms with van der Waals surface area (Å²) < 4.78 is 0. The van der Waals surface area contributed by atoms with Gasteiger partial charge in [0.25, 0.3) is 0 Å². The minimum atomic E-state index is 0.235. The lowest BCUT2D eigenvalue weighted by atomic mass is 9.80. The van der Waals surface area contributed by atoms with Crippen LogP contribution in [0.25, 0.3) is 0 Å². The largest absolute Gasteiger partial charge is 0.394 e. The molecule has 2 unspecified atom stereocenters. The molecule has 0 aliphatic heterocycles. The summed E-state index contributed by atoms with van der Waals surface area (Å²) in [5, 5.41) is 3.53. The van der Waals surface area contributed by atoms with Crippen molar-refractivity contribution in [3.8, 4) is 0 Å². The fraction of sp³-hybridized carbons (Fsp3) is 0.667. The molecule has 17 heavy (non-hydrogen) atoms. The highest BCUT2D eigenvalue weighted by molar-refractivity contribution is 6.28. The van der Waals surface area contributed by atoms with E-state index in [0.717, 1.165) is 12.5 Å². The van der Waals surface area contributed by atoms with Gasteiger partial charge in [0.15, 0.2) is 5.82 Å². The lowest BCUT2D eigenvalue weighted by Gasteiger charge is -2.29. The summed E-state index contributed by atoms with van der Waals surface area (Å²) in [5.74, 6) is 2.13. The van der Waals surface area contributed by atoms with Crippen LogP contribution in [0.4, 0.5) is 11.5 Å². The third-order valence-electron chi connectivity index (χ3n) is 3.61. The maximum atomic E-state index is 5.79. The molecule has 0 spiro atoms. The third kappa shape index (κ3) is 3.22. The summed E-state index contributed by atoms with van der Waals surface area (Å²) in [4.78, 5) is 7.94. The molecule has 0 amide bonds. The highest BCUT2D eigenvalue weighted by Crippen LogP contribution is 2.30. The molecule has 1 aromatic rings. The number of nitrogen functional groups attached to an aromatic ring is 1. The van der Waals surface area contributed by atoms with Gasteiger partial charge in [-0.05, 0) is 29.9 Å². The van der Waals surface area contributed by atoms with Crippen molar-refractivity contribution in [3.63, 3.8) is 0 Å². The highest BCUT2D eigenvalue weighted by Gasteiger charge is 2.21. The molecule has 5 heteroatoms. The molecule has 0 radical (unpaired) electrons. The normalized spacial score (nSPS) is 24.6. The third-order valence-corrected chi connectivity index (χ3v) is 3.79. The molecule has 0 saturated heterocycles. The van der Waals surface area contributed by atoms with Gasteiger partial charge < -0.3 is 11.1 Å². The van der Waals surface area contributed by atoms with Crippen molar-refractivity contribution in [1.82, 2.24) is 9.97 Å². The van der Waals surface area contributed by atoms with Gasteiger partial charge in [-0.1, -0.05) is 26.2 Å². The number of anilines is 2. The van der Waals surface area contributed by atoms with E-state index >= 15 is 0 Å². The van der Waals surface area contributed by atoms with Crippen LogP contribution >= 0.6 is 11.6 Å². The van der Waals surface area contributed by atoms with Crippen molar-refractivity contribution < 1.29 is 0 Å². The van der Waals surface area contributed by atoms with E-state index in [1.165, 1.54) is 25.7 Å². The van der Waals surface area contributed by atoms with Crippen molar-refractivity contribution in [2.24, 2.45) is 11.8 Å². The number of hydrogen-bond acceptors (Lipinski definition) is 4. The van der Waals surface area contributed by atoms with Crippen molar-refractivity contribution >= 4 is 23.1 Å². The second-order valence-electron chi connectivity index (χ2n) is 4.85. The van der Waals surface area contributed by atoms with Gasteiger partial charge in [-0.15, -0.1) is 0 Å². The summed E-state index contributed by atoms with van der Waals surface area (Å²) in [5.41, 5.74) is 6.35. The summed E-state index contributed by atoms with van der Waals surface area (Å²) >= 11 is 5.75. The second-order valence-corrected chi connectivity index (χ2v) is 5.18. The van der Waals surface area contributed by atoms with Crippen molar-refractivity contribution in [2.75, 3.05) is 17.6 Å². The number of hydrogen-bond donors (Lipinski definition) is 2. The van der Waals surface area contributed by atoms with E-state index in [4.69, 9.17) is 17.3 Å². The van der Waals surface area contributed by atoms with Crippen molar-refractivity contribution in [1.29, 1.82) is 0 Å². The second kappa shape index (κ2) is 5.54. The summed E-state index contributed by atoms with van der Waals surface area (Å²) in [6.45, 7) is 3.24. The zero-order valence-corrected chi connectivity index (χ0v) is 10.9. The van der Waals surface area contributed by atoms with E-state index in [2.05, 4.69) is 22.2 Å². The van der Waals surface area contributed by atoms with Crippen LogP contribution in [0.2, 0.25) is 5.28 Å². The van der Waals surface area contributed by atoms with E-state index in [9.17, 15) is 0 Å². The lowest BCUT2D eigenvalue weighted by Crippen LogP contribution is -2.25. The van der Waals surface area contributed by atoms with Crippen LogP contribution in [-0.4, -0.2) is 16.5 Å². The Morgan fingerprint density at radius 1 is 1.47 bits per heavy atom. The van der Waals surface area contributed by atoms with Gasteiger partial charge in [-0.25, -0.2) is 4.98 Å². The molecule has 1 heterocycles. The smallest absolute Gasteiger partial charge is 0.224 e. The number of aromatic nitrogens is 2. The molecular formula is C12H19ClN4. The summed E-state index contributed by atoms with van der Waals surface area (Å²) in [6, 6.07) is 0. The van der Waals surface area contributed by atoms with E-state index in [1.54, 1.807) is 6.20 Å². The SMILES string of the molecule is CC1CCCCC1CNc1nc(Cl)ncc1N. The Kier molecular flexibility index (Phi) is 4.05. The predicted octanol–water partition coefficient (Wildman–Crippen LogP) is 2.95. The number of rotatable bonds is 3. The Morgan fingerprint density at radius 2 is 2.24 bits per heavy atom. The first kappa shape index (κ1) is 12.4. The zero-order valence-electron chi connectivity index (χ0n) is 10.1. The van der Waals surface area contributed by atoms with Crippen LogP contribution in [0.15, 0.2) is 6.20 Å². The standard InChI is InChI=1S/C12H19ClN4/c1-8-4-2-3-5-9(8)6-15-11-10(14)7-16-12(13)17-11/h7-9H,2-6,14H2,1H3,(H,15,16,17). The maximum absolute atomic E-state index is 5.79. The molecule has 2 rings (SSSR count). The van der Waals surface area contributed by atoms with Gasteiger partial charge in [0, 0.05) is 6.54 Å². The monoisotopic (exact) mass is 254 g/mol. The molecule has 1 saturated carbocycles. The Bertz CT molecular complexity index is 383. The van der Waals surface area contributed by atoms with Gasteiger partial charge in [0.1, 0.15) is 0 Å². The first-order chi connectivity index (χ1) is 8.16. The molecule has 1 fully saturated rings. The quantitative estimate of drug-likeness (QED) is 0.814. The number of nitrogens with zero attached hydrogens (tertiary/aromatic N) is 2. The summed E-state index contributed by atoms with van der Waals surface area (Å²) in [6.07, 6.45) is 6.84. The molecule has 1 aromatic heterocycles. The van der Waals surface area contributed by atoms with Crippen LogP contribution in [0.5, 0.6) is 0 Å². The molecule has 3 N–H and O–H groups in total.